The van der Waals surface area contributed by atoms with Crippen LogP contribution in [0, 0.1) is 6.92 Å². The summed E-state index contributed by atoms with van der Waals surface area (Å²) >= 11 is 0. The minimum Gasteiger partial charge on any atom is -0.494 e. The van der Waals surface area contributed by atoms with Gasteiger partial charge in [-0.25, -0.2) is 4.98 Å². The molecule has 21 heavy (non-hydrogen) atoms. The zero-order valence-corrected chi connectivity index (χ0v) is 12.0. The molecule has 0 fully saturated rings. The molecule has 1 aromatic carbocycles. The SMILES string of the molecule is CCOc1ccccc1CNc1ncnc2onc(C)c12. The third-order valence-corrected chi connectivity index (χ3v) is 3.16. The summed E-state index contributed by atoms with van der Waals surface area (Å²) in [6.07, 6.45) is 1.46. The average Bonchev–Trinajstić information content (AvgIpc) is 2.89. The lowest BCUT2D eigenvalue weighted by atomic mass is 10.2. The third kappa shape index (κ3) is 2.65. The molecule has 2 heterocycles. The first-order valence-electron chi connectivity index (χ1n) is 6.81. The van der Waals surface area contributed by atoms with Gasteiger partial charge in [0.05, 0.1) is 12.3 Å². The van der Waals surface area contributed by atoms with Crippen LogP contribution in [0.2, 0.25) is 0 Å². The minimum absolute atomic E-state index is 0.489. The number of rotatable bonds is 5. The van der Waals surface area contributed by atoms with Crippen molar-refractivity contribution in [3.63, 3.8) is 0 Å². The summed E-state index contributed by atoms with van der Waals surface area (Å²) in [4.78, 5) is 8.33. The summed E-state index contributed by atoms with van der Waals surface area (Å²) in [7, 11) is 0. The van der Waals surface area contributed by atoms with Crippen molar-refractivity contribution in [3.8, 4) is 5.75 Å². The van der Waals surface area contributed by atoms with Crippen LogP contribution in [-0.2, 0) is 6.54 Å². The van der Waals surface area contributed by atoms with E-state index in [1.54, 1.807) is 0 Å². The maximum absolute atomic E-state index is 5.62. The van der Waals surface area contributed by atoms with Crippen LogP contribution in [0.4, 0.5) is 5.82 Å². The maximum atomic E-state index is 5.62. The summed E-state index contributed by atoms with van der Waals surface area (Å²) in [5, 5.41) is 8.03. The molecule has 6 heteroatoms. The number of anilines is 1. The molecule has 0 aliphatic rings. The molecular weight excluding hydrogens is 268 g/mol. The Bertz CT molecular complexity index is 754. The molecule has 0 saturated carbocycles. The molecule has 3 aromatic rings. The van der Waals surface area contributed by atoms with Gasteiger partial charge < -0.3 is 14.6 Å². The summed E-state index contributed by atoms with van der Waals surface area (Å²) in [5.74, 6) is 1.59. The number of aromatic nitrogens is 3. The van der Waals surface area contributed by atoms with Crippen LogP contribution in [0.3, 0.4) is 0 Å². The van der Waals surface area contributed by atoms with Crippen LogP contribution < -0.4 is 10.1 Å². The van der Waals surface area contributed by atoms with Gasteiger partial charge in [-0.05, 0) is 19.9 Å². The van der Waals surface area contributed by atoms with Crippen molar-refractivity contribution in [2.75, 3.05) is 11.9 Å². The molecule has 0 atom stereocenters. The number of fused-ring (bicyclic) bond motifs is 1. The Morgan fingerprint density at radius 2 is 2.10 bits per heavy atom. The molecule has 0 radical (unpaired) electrons. The Morgan fingerprint density at radius 1 is 1.24 bits per heavy atom. The molecule has 108 valence electrons. The number of hydrogen-bond donors (Lipinski definition) is 1. The van der Waals surface area contributed by atoms with E-state index in [1.165, 1.54) is 6.33 Å². The first kappa shape index (κ1) is 13.4. The fourth-order valence-electron chi connectivity index (χ4n) is 2.18. The van der Waals surface area contributed by atoms with Crippen molar-refractivity contribution in [1.29, 1.82) is 0 Å². The number of para-hydroxylation sites is 1. The molecule has 0 bridgehead atoms. The van der Waals surface area contributed by atoms with Gasteiger partial charge >= 0.3 is 0 Å². The van der Waals surface area contributed by atoms with Crippen molar-refractivity contribution in [1.82, 2.24) is 15.1 Å². The summed E-state index contributed by atoms with van der Waals surface area (Å²) in [6.45, 7) is 5.08. The van der Waals surface area contributed by atoms with Gasteiger partial charge in [-0.3, -0.25) is 0 Å². The number of nitrogens with one attached hydrogen (secondary N) is 1. The van der Waals surface area contributed by atoms with Crippen molar-refractivity contribution < 1.29 is 9.26 Å². The monoisotopic (exact) mass is 284 g/mol. The Labute approximate surface area is 122 Å². The predicted molar refractivity (Wildman–Crippen MR) is 79.3 cm³/mol. The normalized spacial score (nSPS) is 10.8. The fraction of sp³-hybridized carbons (Fsp3) is 0.267. The van der Waals surface area contributed by atoms with Gasteiger partial charge in [-0.15, -0.1) is 0 Å². The molecule has 0 saturated heterocycles. The van der Waals surface area contributed by atoms with Crippen LogP contribution in [0.25, 0.3) is 11.1 Å². The highest BCUT2D eigenvalue weighted by molar-refractivity contribution is 5.87. The van der Waals surface area contributed by atoms with E-state index in [0.29, 0.717) is 24.7 Å². The van der Waals surface area contributed by atoms with Crippen molar-refractivity contribution in [2.24, 2.45) is 0 Å². The van der Waals surface area contributed by atoms with Gasteiger partial charge in [0.1, 0.15) is 23.3 Å². The largest absolute Gasteiger partial charge is 0.494 e. The second-order valence-corrected chi connectivity index (χ2v) is 4.56. The predicted octanol–water partition coefficient (Wildman–Crippen LogP) is 2.94. The molecular formula is C15H16N4O2. The molecule has 0 spiro atoms. The zero-order chi connectivity index (χ0) is 14.7. The van der Waals surface area contributed by atoms with E-state index < -0.39 is 0 Å². The van der Waals surface area contributed by atoms with Crippen LogP contribution in [0.15, 0.2) is 35.1 Å². The molecule has 0 amide bonds. The van der Waals surface area contributed by atoms with Crippen LogP contribution in [0.1, 0.15) is 18.2 Å². The zero-order valence-electron chi connectivity index (χ0n) is 12.0. The summed E-state index contributed by atoms with van der Waals surface area (Å²) in [5.41, 5.74) is 2.33. The summed E-state index contributed by atoms with van der Waals surface area (Å²) in [6, 6.07) is 7.93. The highest BCUT2D eigenvalue weighted by Crippen LogP contribution is 2.24. The van der Waals surface area contributed by atoms with E-state index in [-0.39, 0.29) is 0 Å². The average molecular weight is 284 g/mol. The van der Waals surface area contributed by atoms with Crippen LogP contribution in [-0.4, -0.2) is 21.7 Å². The highest BCUT2D eigenvalue weighted by atomic mass is 16.5. The first-order valence-corrected chi connectivity index (χ1v) is 6.81. The molecule has 0 unspecified atom stereocenters. The Hall–Kier alpha value is -2.63. The van der Waals surface area contributed by atoms with Gasteiger partial charge in [0.25, 0.3) is 5.71 Å². The second kappa shape index (κ2) is 5.78. The third-order valence-electron chi connectivity index (χ3n) is 3.16. The number of nitrogens with zero attached hydrogens (tertiary/aromatic N) is 3. The van der Waals surface area contributed by atoms with E-state index in [0.717, 1.165) is 22.4 Å². The van der Waals surface area contributed by atoms with Gasteiger partial charge in [0.2, 0.25) is 0 Å². The van der Waals surface area contributed by atoms with E-state index in [4.69, 9.17) is 9.26 Å². The summed E-state index contributed by atoms with van der Waals surface area (Å²) < 4.78 is 10.8. The fourth-order valence-corrected chi connectivity index (χ4v) is 2.18. The van der Waals surface area contributed by atoms with Crippen molar-refractivity contribution >= 4 is 16.9 Å². The van der Waals surface area contributed by atoms with Gasteiger partial charge in [0, 0.05) is 12.1 Å². The van der Waals surface area contributed by atoms with Crippen LogP contribution >= 0.6 is 0 Å². The van der Waals surface area contributed by atoms with E-state index in [2.05, 4.69) is 20.4 Å². The van der Waals surface area contributed by atoms with Crippen molar-refractivity contribution in [2.45, 2.75) is 20.4 Å². The molecule has 1 N–H and O–H groups in total. The lowest BCUT2D eigenvalue weighted by Crippen LogP contribution is -2.05. The molecule has 0 aliphatic heterocycles. The van der Waals surface area contributed by atoms with Gasteiger partial charge in [-0.2, -0.15) is 4.98 Å². The quantitative estimate of drug-likeness (QED) is 0.776. The standard InChI is InChI=1S/C15H16N4O2/c1-3-20-12-7-5-4-6-11(12)8-16-14-13-10(2)19-21-15(13)18-9-17-14/h4-7,9H,3,8H2,1-2H3,(H,16,17,18). The molecule has 6 nitrogen and oxygen atoms in total. The smallest absolute Gasteiger partial charge is 0.263 e. The van der Waals surface area contributed by atoms with E-state index in [1.807, 2.05) is 38.1 Å². The topological polar surface area (TPSA) is 73.1 Å². The first-order chi connectivity index (χ1) is 10.3. The number of benzene rings is 1. The number of hydrogen-bond acceptors (Lipinski definition) is 6. The number of ether oxygens (including phenoxy) is 1. The molecule has 2 aromatic heterocycles. The van der Waals surface area contributed by atoms with Crippen LogP contribution in [0.5, 0.6) is 5.75 Å². The number of aryl methyl sites for hydroxylation is 1. The Balaban J connectivity index is 1.85. The minimum atomic E-state index is 0.489. The molecule has 3 rings (SSSR count). The Kier molecular flexibility index (Phi) is 3.68. The van der Waals surface area contributed by atoms with Gasteiger partial charge in [-0.1, -0.05) is 23.4 Å². The van der Waals surface area contributed by atoms with E-state index >= 15 is 0 Å². The molecule has 0 aliphatic carbocycles. The second-order valence-electron chi connectivity index (χ2n) is 4.56. The Morgan fingerprint density at radius 3 is 2.95 bits per heavy atom. The van der Waals surface area contributed by atoms with E-state index in [9.17, 15) is 0 Å². The lowest BCUT2D eigenvalue weighted by molar-refractivity contribution is 0.337. The lowest BCUT2D eigenvalue weighted by Gasteiger charge is -2.11. The van der Waals surface area contributed by atoms with Gasteiger partial charge in [0.15, 0.2) is 0 Å². The van der Waals surface area contributed by atoms with Crippen molar-refractivity contribution in [3.05, 3.63) is 41.9 Å². The maximum Gasteiger partial charge on any atom is 0.263 e. The highest BCUT2D eigenvalue weighted by Gasteiger charge is 2.12.